The smallest absolute Gasteiger partial charge is 0.447 e. The summed E-state index contributed by atoms with van der Waals surface area (Å²) < 4.78 is 61.2. The zero-order chi connectivity index (χ0) is 25.7. The zero-order valence-corrected chi connectivity index (χ0v) is 21.2. The first kappa shape index (κ1) is 26.3. The number of piperidine rings is 1. The van der Waals surface area contributed by atoms with Gasteiger partial charge in [-0.15, -0.1) is 11.8 Å². The van der Waals surface area contributed by atoms with E-state index in [2.05, 4.69) is 32.8 Å². The Hall–Kier alpha value is -2.75. The highest BCUT2D eigenvalue weighted by molar-refractivity contribution is 8.00. The normalized spacial score (nSPS) is 17.9. The van der Waals surface area contributed by atoms with Crippen LogP contribution in [0.2, 0.25) is 0 Å². The minimum Gasteiger partial charge on any atom is -0.495 e. The van der Waals surface area contributed by atoms with E-state index in [-0.39, 0.29) is 41.2 Å². The van der Waals surface area contributed by atoms with Crippen molar-refractivity contribution in [2.45, 2.75) is 34.1 Å². The molecule has 6 nitrogen and oxygen atoms in total. The number of anilines is 2. The fourth-order valence-corrected chi connectivity index (χ4v) is 4.93. The fourth-order valence-electron chi connectivity index (χ4n) is 3.84. The second-order valence-electron chi connectivity index (χ2n) is 7.91. The van der Waals surface area contributed by atoms with E-state index >= 15 is 0 Å². The van der Waals surface area contributed by atoms with Crippen LogP contribution in [0.3, 0.4) is 0 Å². The van der Waals surface area contributed by atoms with Crippen molar-refractivity contribution < 1.29 is 22.3 Å². The molecule has 1 aliphatic rings. The Bertz CT molecular complexity index is 1270. The molecule has 3 N–H and O–H groups in total. The number of alkyl halides is 4. The molecule has 1 aliphatic heterocycles. The molecular weight excluding hydrogens is 514 g/mol. The summed E-state index contributed by atoms with van der Waals surface area (Å²) in [5.41, 5.74) is -3.08. The SMILES string of the molecule is COc1cc(SC)ccc1NCC#Cc1nc2c(NC3CCNCC3F)cccn2c1SC(F)(F)F. The number of hydrogen-bond donors (Lipinski definition) is 3. The van der Waals surface area contributed by atoms with Crippen LogP contribution in [0.5, 0.6) is 5.75 Å². The first-order valence-corrected chi connectivity index (χ1v) is 13.2. The van der Waals surface area contributed by atoms with Crippen molar-refractivity contribution in [3.8, 4) is 17.6 Å². The summed E-state index contributed by atoms with van der Waals surface area (Å²) in [5, 5.41) is 9.09. The monoisotopic (exact) mass is 539 g/mol. The van der Waals surface area contributed by atoms with E-state index in [1.807, 2.05) is 24.5 Å². The molecular formula is C24H25F4N5OS2. The van der Waals surface area contributed by atoms with Crippen molar-refractivity contribution in [1.82, 2.24) is 14.7 Å². The van der Waals surface area contributed by atoms with E-state index in [9.17, 15) is 17.6 Å². The largest absolute Gasteiger partial charge is 0.495 e. The molecule has 2 unspecified atom stereocenters. The van der Waals surface area contributed by atoms with Crippen molar-refractivity contribution in [2.24, 2.45) is 0 Å². The molecule has 0 spiro atoms. The third-order valence-corrected chi connectivity index (χ3v) is 7.09. The highest BCUT2D eigenvalue weighted by Gasteiger charge is 2.33. The molecule has 2 atom stereocenters. The van der Waals surface area contributed by atoms with Gasteiger partial charge in [-0.05, 0) is 55.5 Å². The lowest BCUT2D eigenvalue weighted by molar-refractivity contribution is -0.0329. The predicted molar refractivity (Wildman–Crippen MR) is 137 cm³/mol. The summed E-state index contributed by atoms with van der Waals surface area (Å²) in [4.78, 5) is 5.44. The molecule has 3 heterocycles. The highest BCUT2D eigenvalue weighted by atomic mass is 32.2. The summed E-state index contributed by atoms with van der Waals surface area (Å²) in [6.45, 7) is 1.04. The van der Waals surface area contributed by atoms with Crippen molar-refractivity contribution in [1.29, 1.82) is 0 Å². The van der Waals surface area contributed by atoms with E-state index in [1.165, 1.54) is 10.6 Å². The van der Waals surface area contributed by atoms with Crippen LogP contribution >= 0.6 is 23.5 Å². The molecule has 0 amide bonds. The lowest BCUT2D eigenvalue weighted by Crippen LogP contribution is -2.45. The maximum absolute atomic E-state index is 14.3. The molecule has 1 aromatic carbocycles. The molecule has 2 aromatic heterocycles. The van der Waals surface area contributed by atoms with Crippen LogP contribution in [0, 0.1) is 11.8 Å². The third-order valence-electron chi connectivity index (χ3n) is 5.55. The quantitative estimate of drug-likeness (QED) is 0.215. The topological polar surface area (TPSA) is 62.6 Å². The van der Waals surface area contributed by atoms with E-state index in [1.54, 1.807) is 31.0 Å². The van der Waals surface area contributed by atoms with Gasteiger partial charge in [0.1, 0.15) is 22.6 Å². The molecule has 1 saturated heterocycles. The maximum Gasteiger partial charge on any atom is 0.447 e. The molecule has 12 heteroatoms. The Morgan fingerprint density at radius 3 is 2.83 bits per heavy atom. The van der Waals surface area contributed by atoms with Gasteiger partial charge in [-0.2, -0.15) is 13.2 Å². The second kappa shape index (κ2) is 11.5. The van der Waals surface area contributed by atoms with Crippen LogP contribution in [0.15, 0.2) is 46.5 Å². The number of aromatic nitrogens is 2. The van der Waals surface area contributed by atoms with Crippen LogP contribution in [0.1, 0.15) is 12.1 Å². The molecule has 192 valence electrons. The Balaban J connectivity index is 1.61. The summed E-state index contributed by atoms with van der Waals surface area (Å²) in [7, 11) is 1.56. The van der Waals surface area contributed by atoms with Crippen LogP contribution in [-0.2, 0) is 0 Å². The Morgan fingerprint density at radius 2 is 2.11 bits per heavy atom. The Labute approximate surface area is 215 Å². The lowest BCUT2D eigenvalue weighted by Gasteiger charge is -2.28. The van der Waals surface area contributed by atoms with Gasteiger partial charge in [-0.25, -0.2) is 9.37 Å². The fraction of sp³-hybridized carbons (Fsp3) is 0.375. The molecule has 0 aliphatic carbocycles. The number of ether oxygens (including phenoxy) is 1. The Kier molecular flexibility index (Phi) is 8.43. The van der Waals surface area contributed by atoms with Crippen LogP contribution in [0.25, 0.3) is 5.65 Å². The van der Waals surface area contributed by atoms with Crippen LogP contribution in [-0.4, -0.2) is 60.1 Å². The van der Waals surface area contributed by atoms with E-state index < -0.39 is 17.7 Å². The predicted octanol–water partition coefficient (Wildman–Crippen LogP) is 5.25. The van der Waals surface area contributed by atoms with Gasteiger partial charge in [0, 0.05) is 29.4 Å². The standard InChI is InChI=1S/C24H25F4N5OS2/c1-34-21-13-15(35-2)7-8-18(21)30-10-3-5-20-23(36-24(26,27)28)33-12-4-6-19(22(33)32-20)31-17-9-11-29-14-16(17)25/h4,6-8,12-13,16-17,29-31H,9-11,14H2,1-2H3. The van der Waals surface area contributed by atoms with Gasteiger partial charge in [0.2, 0.25) is 0 Å². The van der Waals surface area contributed by atoms with Gasteiger partial charge in [0.05, 0.1) is 31.1 Å². The van der Waals surface area contributed by atoms with E-state index in [0.29, 0.717) is 24.4 Å². The highest BCUT2D eigenvalue weighted by Crippen LogP contribution is 2.39. The first-order valence-electron chi connectivity index (χ1n) is 11.1. The lowest BCUT2D eigenvalue weighted by atomic mass is 10.0. The van der Waals surface area contributed by atoms with Crippen molar-refractivity contribution >= 4 is 40.5 Å². The van der Waals surface area contributed by atoms with Crippen molar-refractivity contribution in [2.75, 3.05) is 43.6 Å². The number of fused-ring (bicyclic) bond motifs is 1. The summed E-state index contributed by atoms with van der Waals surface area (Å²) in [6, 6.07) is 8.51. The number of thioether (sulfide) groups is 2. The number of benzene rings is 1. The van der Waals surface area contributed by atoms with Gasteiger partial charge in [-0.1, -0.05) is 5.92 Å². The maximum atomic E-state index is 14.3. The molecule has 0 radical (unpaired) electrons. The average Bonchev–Trinajstić information content (AvgIpc) is 3.20. The van der Waals surface area contributed by atoms with Crippen molar-refractivity contribution in [3.63, 3.8) is 0 Å². The van der Waals surface area contributed by atoms with Crippen molar-refractivity contribution in [3.05, 3.63) is 42.2 Å². The molecule has 0 saturated carbocycles. The summed E-state index contributed by atoms with van der Waals surface area (Å²) >= 11 is 1.31. The zero-order valence-electron chi connectivity index (χ0n) is 19.6. The molecule has 0 bridgehead atoms. The molecule has 36 heavy (non-hydrogen) atoms. The number of halogens is 4. The average molecular weight is 540 g/mol. The molecule has 4 rings (SSSR count). The van der Waals surface area contributed by atoms with Gasteiger partial charge in [0.25, 0.3) is 0 Å². The van der Waals surface area contributed by atoms with E-state index in [0.717, 1.165) is 10.6 Å². The molecule has 1 fully saturated rings. The number of nitrogens with zero attached hydrogens (tertiary/aromatic N) is 2. The Morgan fingerprint density at radius 1 is 1.28 bits per heavy atom. The number of rotatable bonds is 7. The summed E-state index contributed by atoms with van der Waals surface area (Å²) in [5.74, 6) is 6.27. The van der Waals surface area contributed by atoms with Gasteiger partial charge < -0.3 is 20.7 Å². The van der Waals surface area contributed by atoms with Gasteiger partial charge in [-0.3, -0.25) is 4.40 Å². The van der Waals surface area contributed by atoms with E-state index in [4.69, 9.17) is 4.74 Å². The third kappa shape index (κ3) is 6.32. The van der Waals surface area contributed by atoms with Crippen LogP contribution < -0.4 is 20.7 Å². The number of imidazole rings is 1. The number of pyridine rings is 1. The first-order chi connectivity index (χ1) is 17.3. The number of nitrogens with one attached hydrogen (secondary N) is 3. The second-order valence-corrected chi connectivity index (χ2v) is 9.84. The summed E-state index contributed by atoms with van der Waals surface area (Å²) in [6.07, 6.45) is 2.89. The van der Waals surface area contributed by atoms with Gasteiger partial charge >= 0.3 is 5.51 Å². The molecule has 3 aromatic rings. The van der Waals surface area contributed by atoms with Crippen LogP contribution in [0.4, 0.5) is 28.9 Å². The minimum absolute atomic E-state index is 0.000167. The number of hydrogen-bond acceptors (Lipinski definition) is 7. The number of methoxy groups -OCH3 is 1. The minimum atomic E-state index is -4.53. The van der Waals surface area contributed by atoms with Gasteiger partial charge in [0.15, 0.2) is 5.65 Å².